The normalized spacial score (nSPS) is 10.4. The fourth-order valence-corrected chi connectivity index (χ4v) is 1.74. The highest BCUT2D eigenvalue weighted by Gasteiger charge is 2.09. The Labute approximate surface area is 102 Å². The summed E-state index contributed by atoms with van der Waals surface area (Å²) in [5, 5.41) is 12.9. The molecule has 0 radical (unpaired) electrons. The van der Waals surface area contributed by atoms with Gasteiger partial charge in [-0.1, -0.05) is 18.2 Å². The lowest BCUT2D eigenvalue weighted by atomic mass is 10.3. The van der Waals surface area contributed by atoms with Crippen molar-refractivity contribution in [2.24, 2.45) is 0 Å². The SMILES string of the molecule is OCCn1ncc(Oc2ccccc2)c1Br. The molecule has 1 heterocycles. The van der Waals surface area contributed by atoms with E-state index in [-0.39, 0.29) is 6.61 Å². The van der Waals surface area contributed by atoms with Crippen LogP contribution in [0.2, 0.25) is 0 Å². The molecule has 1 N–H and O–H groups in total. The van der Waals surface area contributed by atoms with Crippen LogP contribution < -0.4 is 4.74 Å². The number of nitrogens with zero attached hydrogens (tertiary/aromatic N) is 2. The van der Waals surface area contributed by atoms with Gasteiger partial charge >= 0.3 is 0 Å². The van der Waals surface area contributed by atoms with Gasteiger partial charge in [0.1, 0.15) is 10.4 Å². The Hall–Kier alpha value is -1.33. The zero-order valence-corrected chi connectivity index (χ0v) is 10.1. The summed E-state index contributed by atoms with van der Waals surface area (Å²) in [6.07, 6.45) is 1.62. The van der Waals surface area contributed by atoms with Gasteiger partial charge in [0, 0.05) is 0 Å². The molecule has 84 valence electrons. The molecule has 0 saturated carbocycles. The maximum absolute atomic E-state index is 8.82. The highest BCUT2D eigenvalue weighted by molar-refractivity contribution is 9.10. The molecular weight excluding hydrogens is 272 g/mol. The topological polar surface area (TPSA) is 47.3 Å². The number of aliphatic hydroxyl groups excluding tert-OH is 1. The molecule has 0 saturated heterocycles. The number of para-hydroxylation sites is 1. The average molecular weight is 283 g/mol. The summed E-state index contributed by atoms with van der Waals surface area (Å²) in [6, 6.07) is 9.48. The van der Waals surface area contributed by atoms with Gasteiger partial charge in [0.05, 0.1) is 19.3 Å². The minimum Gasteiger partial charge on any atom is -0.453 e. The third-order valence-corrected chi connectivity index (χ3v) is 2.83. The van der Waals surface area contributed by atoms with Crippen molar-refractivity contribution in [3.63, 3.8) is 0 Å². The van der Waals surface area contributed by atoms with E-state index in [1.807, 2.05) is 30.3 Å². The zero-order chi connectivity index (χ0) is 11.4. The van der Waals surface area contributed by atoms with E-state index >= 15 is 0 Å². The molecule has 1 aromatic carbocycles. The smallest absolute Gasteiger partial charge is 0.179 e. The number of hydrogen-bond acceptors (Lipinski definition) is 3. The van der Waals surface area contributed by atoms with Gasteiger partial charge in [0.15, 0.2) is 5.75 Å². The number of halogens is 1. The molecule has 4 nitrogen and oxygen atoms in total. The van der Waals surface area contributed by atoms with E-state index in [1.54, 1.807) is 10.9 Å². The molecule has 0 atom stereocenters. The Morgan fingerprint density at radius 3 is 2.75 bits per heavy atom. The average Bonchev–Trinajstić information content (AvgIpc) is 2.64. The maximum Gasteiger partial charge on any atom is 0.179 e. The first kappa shape index (κ1) is 11.2. The number of ether oxygens (including phenoxy) is 1. The van der Waals surface area contributed by atoms with E-state index in [4.69, 9.17) is 9.84 Å². The highest BCUT2D eigenvalue weighted by Crippen LogP contribution is 2.28. The van der Waals surface area contributed by atoms with Gasteiger partial charge in [-0.25, -0.2) is 0 Å². The second-order valence-electron chi connectivity index (χ2n) is 3.16. The van der Waals surface area contributed by atoms with E-state index in [0.29, 0.717) is 12.3 Å². The first-order chi connectivity index (χ1) is 7.81. The molecule has 1 aromatic heterocycles. The predicted molar refractivity (Wildman–Crippen MR) is 63.5 cm³/mol. The Morgan fingerprint density at radius 2 is 2.06 bits per heavy atom. The van der Waals surface area contributed by atoms with E-state index in [2.05, 4.69) is 21.0 Å². The second-order valence-corrected chi connectivity index (χ2v) is 3.91. The van der Waals surface area contributed by atoms with Crippen molar-refractivity contribution >= 4 is 15.9 Å². The van der Waals surface area contributed by atoms with Crippen LogP contribution in [0.4, 0.5) is 0 Å². The monoisotopic (exact) mass is 282 g/mol. The van der Waals surface area contributed by atoms with Crippen LogP contribution in [0.15, 0.2) is 41.1 Å². The molecule has 0 spiro atoms. The maximum atomic E-state index is 8.82. The van der Waals surface area contributed by atoms with Crippen LogP contribution in [-0.2, 0) is 6.54 Å². The van der Waals surface area contributed by atoms with Crippen molar-refractivity contribution in [3.8, 4) is 11.5 Å². The molecule has 0 aliphatic rings. The Kier molecular flexibility index (Phi) is 3.58. The molecule has 0 aliphatic heterocycles. The first-order valence-electron chi connectivity index (χ1n) is 4.86. The summed E-state index contributed by atoms with van der Waals surface area (Å²) in [7, 11) is 0. The molecule has 5 heteroatoms. The summed E-state index contributed by atoms with van der Waals surface area (Å²) in [4.78, 5) is 0. The third kappa shape index (κ3) is 2.43. The van der Waals surface area contributed by atoms with Crippen LogP contribution in [0, 0.1) is 0 Å². The summed E-state index contributed by atoms with van der Waals surface area (Å²) >= 11 is 3.37. The summed E-state index contributed by atoms with van der Waals surface area (Å²) in [6.45, 7) is 0.490. The number of rotatable bonds is 4. The Morgan fingerprint density at radius 1 is 1.31 bits per heavy atom. The van der Waals surface area contributed by atoms with Gasteiger partial charge in [-0.2, -0.15) is 5.10 Å². The molecular formula is C11H11BrN2O2. The largest absolute Gasteiger partial charge is 0.453 e. The summed E-state index contributed by atoms with van der Waals surface area (Å²) in [5.74, 6) is 1.39. The third-order valence-electron chi connectivity index (χ3n) is 2.03. The number of benzene rings is 1. The number of aliphatic hydroxyl groups is 1. The van der Waals surface area contributed by atoms with Crippen molar-refractivity contribution in [1.82, 2.24) is 9.78 Å². The predicted octanol–water partition coefficient (Wildman–Crippen LogP) is 2.43. The van der Waals surface area contributed by atoms with Crippen LogP contribution in [0.3, 0.4) is 0 Å². The molecule has 0 unspecified atom stereocenters. The molecule has 0 amide bonds. The van der Waals surface area contributed by atoms with Gasteiger partial charge in [0.25, 0.3) is 0 Å². The minimum absolute atomic E-state index is 0.0467. The van der Waals surface area contributed by atoms with E-state index < -0.39 is 0 Å². The van der Waals surface area contributed by atoms with E-state index in [1.165, 1.54) is 0 Å². The van der Waals surface area contributed by atoms with Crippen LogP contribution in [0.1, 0.15) is 0 Å². The van der Waals surface area contributed by atoms with Crippen molar-refractivity contribution in [3.05, 3.63) is 41.1 Å². The van der Waals surface area contributed by atoms with E-state index in [9.17, 15) is 0 Å². The quantitative estimate of drug-likeness (QED) is 0.937. The lowest BCUT2D eigenvalue weighted by Gasteiger charge is -2.04. The summed E-state index contributed by atoms with van der Waals surface area (Å²) < 4.78 is 7.99. The van der Waals surface area contributed by atoms with Crippen molar-refractivity contribution < 1.29 is 9.84 Å². The fraction of sp³-hybridized carbons (Fsp3) is 0.182. The number of hydrogen-bond donors (Lipinski definition) is 1. The fourth-order valence-electron chi connectivity index (χ4n) is 1.29. The summed E-state index contributed by atoms with van der Waals surface area (Å²) in [5.41, 5.74) is 0. The van der Waals surface area contributed by atoms with Gasteiger partial charge in [-0.15, -0.1) is 0 Å². The molecule has 16 heavy (non-hydrogen) atoms. The molecule has 0 bridgehead atoms. The van der Waals surface area contributed by atoms with Gasteiger partial charge in [-0.05, 0) is 28.1 Å². The Bertz CT molecular complexity index is 456. The van der Waals surface area contributed by atoms with E-state index in [0.717, 1.165) is 10.4 Å². The first-order valence-corrected chi connectivity index (χ1v) is 5.65. The van der Waals surface area contributed by atoms with Crippen LogP contribution in [0.5, 0.6) is 11.5 Å². The van der Waals surface area contributed by atoms with Crippen LogP contribution >= 0.6 is 15.9 Å². The Balaban J connectivity index is 2.16. The lowest BCUT2D eigenvalue weighted by Crippen LogP contribution is -2.03. The van der Waals surface area contributed by atoms with Crippen LogP contribution in [0.25, 0.3) is 0 Å². The minimum atomic E-state index is 0.0467. The molecule has 0 fully saturated rings. The number of aromatic nitrogens is 2. The zero-order valence-electron chi connectivity index (χ0n) is 8.51. The van der Waals surface area contributed by atoms with Crippen molar-refractivity contribution in [1.29, 1.82) is 0 Å². The molecule has 0 aliphatic carbocycles. The second kappa shape index (κ2) is 5.14. The standard InChI is InChI=1S/C11H11BrN2O2/c12-11-10(8-13-14(11)6-7-15)16-9-4-2-1-3-5-9/h1-5,8,15H,6-7H2. The van der Waals surface area contributed by atoms with Crippen molar-refractivity contribution in [2.45, 2.75) is 6.54 Å². The van der Waals surface area contributed by atoms with Crippen LogP contribution in [-0.4, -0.2) is 21.5 Å². The molecule has 2 rings (SSSR count). The lowest BCUT2D eigenvalue weighted by molar-refractivity contribution is 0.268. The molecule has 2 aromatic rings. The van der Waals surface area contributed by atoms with Gasteiger partial charge < -0.3 is 9.84 Å². The highest BCUT2D eigenvalue weighted by atomic mass is 79.9. The van der Waals surface area contributed by atoms with Gasteiger partial charge in [0.2, 0.25) is 0 Å². The van der Waals surface area contributed by atoms with Gasteiger partial charge in [-0.3, -0.25) is 4.68 Å². The van der Waals surface area contributed by atoms with Crippen molar-refractivity contribution in [2.75, 3.05) is 6.61 Å².